The van der Waals surface area contributed by atoms with E-state index in [2.05, 4.69) is 16.3 Å². The summed E-state index contributed by atoms with van der Waals surface area (Å²) in [5.41, 5.74) is 3.28. The number of carbonyl (C=O) groups is 1. The molecule has 0 amide bonds. The van der Waals surface area contributed by atoms with Gasteiger partial charge < -0.3 is 4.90 Å². The van der Waals surface area contributed by atoms with Gasteiger partial charge in [0, 0.05) is 17.6 Å². The number of nitrogens with zero attached hydrogens (tertiary/aromatic N) is 5. The molecule has 0 N–H and O–H groups in total. The SMILES string of the molecule is Cc1ccc(-n2c(C)nnc2SCC(=O)/C(C#N)=C2\Sc3ccccc3N2C)cc1. The van der Waals surface area contributed by atoms with Crippen molar-refractivity contribution in [3.63, 3.8) is 0 Å². The Morgan fingerprint density at radius 2 is 1.87 bits per heavy atom. The van der Waals surface area contributed by atoms with Crippen molar-refractivity contribution >= 4 is 35.0 Å². The van der Waals surface area contributed by atoms with Crippen LogP contribution in [0.25, 0.3) is 5.69 Å². The maximum atomic E-state index is 12.9. The molecule has 150 valence electrons. The molecule has 0 radical (unpaired) electrons. The number of aromatic nitrogens is 3. The van der Waals surface area contributed by atoms with E-state index in [1.54, 1.807) is 0 Å². The summed E-state index contributed by atoms with van der Waals surface area (Å²) < 4.78 is 1.92. The predicted molar refractivity (Wildman–Crippen MR) is 120 cm³/mol. The number of carbonyl (C=O) groups excluding carboxylic acids is 1. The van der Waals surface area contributed by atoms with Gasteiger partial charge in [-0.1, -0.05) is 53.4 Å². The maximum absolute atomic E-state index is 12.9. The molecule has 0 atom stereocenters. The zero-order valence-corrected chi connectivity index (χ0v) is 18.4. The minimum absolute atomic E-state index is 0.112. The Bertz CT molecular complexity index is 1190. The number of nitriles is 1. The van der Waals surface area contributed by atoms with E-state index in [4.69, 9.17) is 0 Å². The fourth-order valence-corrected chi connectivity index (χ4v) is 5.21. The van der Waals surface area contributed by atoms with Crippen molar-refractivity contribution < 1.29 is 4.79 Å². The number of aryl methyl sites for hydroxylation is 2. The van der Waals surface area contributed by atoms with Crippen molar-refractivity contribution in [2.24, 2.45) is 0 Å². The molecular formula is C22H19N5OS2. The van der Waals surface area contributed by atoms with Crippen LogP contribution in [0.4, 0.5) is 5.69 Å². The van der Waals surface area contributed by atoms with Crippen LogP contribution in [-0.2, 0) is 4.79 Å². The summed E-state index contributed by atoms with van der Waals surface area (Å²) in [6, 6.07) is 18.0. The molecule has 1 aliphatic heterocycles. The lowest BCUT2D eigenvalue weighted by atomic mass is 10.2. The lowest BCUT2D eigenvalue weighted by Gasteiger charge is -2.14. The van der Waals surface area contributed by atoms with E-state index in [0.29, 0.717) is 10.2 Å². The third-order valence-corrected chi connectivity index (χ3v) is 6.93. The maximum Gasteiger partial charge on any atom is 0.196 e. The van der Waals surface area contributed by atoms with Crippen molar-refractivity contribution in [2.45, 2.75) is 23.9 Å². The van der Waals surface area contributed by atoms with Crippen molar-refractivity contribution in [2.75, 3.05) is 17.7 Å². The summed E-state index contributed by atoms with van der Waals surface area (Å²) in [5.74, 6) is 0.635. The van der Waals surface area contributed by atoms with Crippen LogP contribution in [0.1, 0.15) is 11.4 Å². The second kappa shape index (κ2) is 8.38. The van der Waals surface area contributed by atoms with E-state index in [1.165, 1.54) is 29.1 Å². The van der Waals surface area contributed by atoms with Crippen LogP contribution in [0, 0.1) is 25.2 Å². The van der Waals surface area contributed by atoms with Crippen molar-refractivity contribution in [3.05, 3.63) is 70.5 Å². The fraction of sp³-hybridized carbons (Fsp3) is 0.182. The van der Waals surface area contributed by atoms with E-state index < -0.39 is 0 Å². The van der Waals surface area contributed by atoms with Gasteiger partial charge in [-0.15, -0.1) is 10.2 Å². The Morgan fingerprint density at radius 3 is 2.57 bits per heavy atom. The molecule has 2 heterocycles. The van der Waals surface area contributed by atoms with E-state index in [9.17, 15) is 10.1 Å². The Morgan fingerprint density at radius 1 is 1.13 bits per heavy atom. The number of para-hydroxylation sites is 1. The molecule has 1 aliphatic rings. The first kappa shape index (κ1) is 20.3. The van der Waals surface area contributed by atoms with Crippen molar-refractivity contribution in [1.29, 1.82) is 5.26 Å². The Labute approximate surface area is 183 Å². The molecule has 0 saturated carbocycles. The molecule has 0 aliphatic carbocycles. The normalized spacial score (nSPS) is 14.4. The van der Waals surface area contributed by atoms with E-state index in [0.717, 1.165) is 22.1 Å². The highest BCUT2D eigenvalue weighted by molar-refractivity contribution is 8.03. The molecule has 0 unspecified atom stereocenters. The number of Topliss-reactive ketones (excluding diaryl/α,β-unsaturated/α-hetero) is 1. The molecular weight excluding hydrogens is 414 g/mol. The van der Waals surface area contributed by atoms with Gasteiger partial charge in [0.25, 0.3) is 0 Å². The first-order valence-electron chi connectivity index (χ1n) is 9.29. The van der Waals surface area contributed by atoms with Crippen LogP contribution in [0.2, 0.25) is 0 Å². The van der Waals surface area contributed by atoms with Crippen LogP contribution in [0.15, 0.2) is 69.2 Å². The van der Waals surface area contributed by atoms with Gasteiger partial charge in [-0.05, 0) is 38.1 Å². The lowest BCUT2D eigenvalue weighted by Crippen LogP contribution is -2.16. The van der Waals surface area contributed by atoms with E-state index >= 15 is 0 Å². The zero-order valence-electron chi connectivity index (χ0n) is 16.8. The van der Waals surface area contributed by atoms with E-state index in [1.807, 2.05) is 78.9 Å². The summed E-state index contributed by atoms with van der Waals surface area (Å²) in [6.45, 7) is 3.91. The molecule has 0 saturated heterocycles. The van der Waals surface area contributed by atoms with Gasteiger partial charge in [0.2, 0.25) is 0 Å². The summed E-state index contributed by atoms with van der Waals surface area (Å²) in [5, 5.41) is 19.4. The first-order valence-corrected chi connectivity index (χ1v) is 11.1. The molecule has 6 nitrogen and oxygen atoms in total. The number of hydrogen-bond acceptors (Lipinski definition) is 7. The summed E-state index contributed by atoms with van der Waals surface area (Å²) in [4.78, 5) is 15.9. The quantitative estimate of drug-likeness (QED) is 0.333. The van der Waals surface area contributed by atoms with Crippen LogP contribution < -0.4 is 4.90 Å². The minimum Gasteiger partial charge on any atom is -0.337 e. The van der Waals surface area contributed by atoms with Gasteiger partial charge in [0.1, 0.15) is 22.5 Å². The van der Waals surface area contributed by atoms with Crippen LogP contribution in [0.5, 0.6) is 0 Å². The average Bonchev–Trinajstić information content (AvgIpc) is 3.28. The number of allylic oxidation sites excluding steroid dienone is 1. The van der Waals surface area contributed by atoms with Crippen molar-refractivity contribution in [1.82, 2.24) is 14.8 Å². The molecule has 0 bridgehead atoms. The average molecular weight is 434 g/mol. The Kier molecular flexibility index (Phi) is 5.66. The predicted octanol–water partition coefficient (Wildman–Crippen LogP) is 4.52. The van der Waals surface area contributed by atoms with Crippen LogP contribution >= 0.6 is 23.5 Å². The van der Waals surface area contributed by atoms with Gasteiger partial charge in [-0.3, -0.25) is 9.36 Å². The number of rotatable bonds is 5. The molecule has 3 aromatic rings. The number of anilines is 1. The first-order chi connectivity index (χ1) is 14.5. The zero-order chi connectivity index (χ0) is 21.3. The Balaban J connectivity index is 1.56. The molecule has 8 heteroatoms. The third kappa shape index (κ3) is 3.74. The topological polar surface area (TPSA) is 74.8 Å². The molecule has 2 aromatic carbocycles. The fourth-order valence-electron chi connectivity index (χ4n) is 3.18. The highest BCUT2D eigenvalue weighted by atomic mass is 32.2. The highest BCUT2D eigenvalue weighted by Crippen LogP contribution is 2.46. The lowest BCUT2D eigenvalue weighted by molar-refractivity contribution is -0.112. The van der Waals surface area contributed by atoms with Gasteiger partial charge in [-0.2, -0.15) is 5.26 Å². The van der Waals surface area contributed by atoms with Crippen molar-refractivity contribution in [3.8, 4) is 11.8 Å². The number of fused-ring (bicyclic) bond motifs is 1. The monoisotopic (exact) mass is 433 g/mol. The molecule has 4 rings (SSSR count). The summed E-state index contributed by atoms with van der Waals surface area (Å²) >= 11 is 2.74. The van der Waals surface area contributed by atoms with Gasteiger partial charge in [0.05, 0.1) is 11.4 Å². The second-order valence-electron chi connectivity index (χ2n) is 6.83. The highest BCUT2D eigenvalue weighted by Gasteiger charge is 2.28. The van der Waals surface area contributed by atoms with E-state index in [-0.39, 0.29) is 17.1 Å². The summed E-state index contributed by atoms with van der Waals surface area (Å²) in [6.07, 6.45) is 0. The Hall–Kier alpha value is -3.02. The molecule has 30 heavy (non-hydrogen) atoms. The smallest absolute Gasteiger partial charge is 0.196 e. The van der Waals surface area contributed by atoms with Gasteiger partial charge >= 0.3 is 0 Å². The van der Waals surface area contributed by atoms with Crippen LogP contribution in [-0.4, -0.2) is 33.3 Å². The second-order valence-corrected chi connectivity index (χ2v) is 8.81. The molecule has 0 spiro atoms. The minimum atomic E-state index is -0.222. The number of thioether (sulfide) groups is 2. The molecule has 1 aromatic heterocycles. The number of hydrogen-bond donors (Lipinski definition) is 0. The molecule has 0 fully saturated rings. The number of ketones is 1. The largest absolute Gasteiger partial charge is 0.337 e. The third-order valence-electron chi connectivity index (χ3n) is 4.76. The van der Waals surface area contributed by atoms with Crippen LogP contribution in [0.3, 0.4) is 0 Å². The van der Waals surface area contributed by atoms with Gasteiger partial charge in [-0.25, -0.2) is 0 Å². The number of benzene rings is 2. The van der Waals surface area contributed by atoms with Gasteiger partial charge in [0.15, 0.2) is 10.9 Å². The standard InChI is InChI=1S/C22H19N5OS2/c1-14-8-10-16(11-9-14)27-15(2)24-25-22(27)29-13-19(28)17(12-23)21-26(3)18-6-4-5-7-20(18)30-21/h4-11H,13H2,1-3H3/b21-17-. The summed E-state index contributed by atoms with van der Waals surface area (Å²) in [7, 11) is 1.88.